The molecule has 11 heteroatoms. The fourth-order valence-corrected chi connectivity index (χ4v) is 3.77. The molecule has 31 heavy (non-hydrogen) atoms. The van der Waals surface area contributed by atoms with Crippen molar-refractivity contribution in [2.24, 2.45) is 11.7 Å². The van der Waals surface area contributed by atoms with Gasteiger partial charge in [0.2, 0.25) is 5.91 Å². The number of alkyl halides is 2. The molecule has 166 valence electrons. The molecule has 1 saturated heterocycles. The number of aromatic nitrogens is 2. The highest BCUT2D eigenvalue weighted by Crippen LogP contribution is 2.43. The average Bonchev–Trinajstić information content (AvgIpc) is 3.27. The number of imidazole rings is 1. The molecule has 4 rings (SSSR count). The topological polar surface area (TPSA) is 109 Å². The van der Waals surface area contributed by atoms with Crippen molar-refractivity contribution in [3.8, 4) is 22.9 Å². The van der Waals surface area contributed by atoms with Crippen LogP contribution in [0.25, 0.3) is 11.4 Å². The van der Waals surface area contributed by atoms with Crippen molar-refractivity contribution >= 4 is 17.8 Å². The van der Waals surface area contributed by atoms with E-state index < -0.39 is 37.0 Å². The average molecular weight is 436 g/mol. The molecule has 3 heterocycles. The maximum atomic E-state index is 13.4. The smallest absolute Gasteiger partial charge is 0.416 e. The van der Waals surface area contributed by atoms with Gasteiger partial charge in [-0.25, -0.2) is 23.5 Å². The van der Waals surface area contributed by atoms with Crippen LogP contribution >= 0.6 is 0 Å². The molecule has 2 aliphatic heterocycles. The predicted octanol–water partition coefficient (Wildman–Crippen LogP) is 2.21. The van der Waals surface area contributed by atoms with Gasteiger partial charge in [0.1, 0.15) is 25.1 Å². The summed E-state index contributed by atoms with van der Waals surface area (Å²) < 4.78 is 44.7. The van der Waals surface area contributed by atoms with Gasteiger partial charge >= 0.3 is 6.09 Å². The number of hydrogen-bond donors (Lipinski definition) is 1. The summed E-state index contributed by atoms with van der Waals surface area (Å²) in [4.78, 5) is 28.9. The van der Waals surface area contributed by atoms with Gasteiger partial charge in [-0.05, 0) is 18.1 Å². The first-order chi connectivity index (χ1) is 14.8. The molecule has 0 radical (unpaired) electrons. The Morgan fingerprint density at radius 1 is 1.39 bits per heavy atom. The number of ether oxygens (including phenoxy) is 3. The van der Waals surface area contributed by atoms with Crippen LogP contribution < -0.4 is 20.1 Å². The maximum Gasteiger partial charge on any atom is 0.416 e. The Labute approximate surface area is 176 Å². The number of primary amides is 1. The molecule has 0 bridgehead atoms. The third-order valence-electron chi connectivity index (χ3n) is 5.44. The normalized spacial score (nSPS) is 18.7. The van der Waals surface area contributed by atoms with E-state index >= 15 is 0 Å². The number of halogens is 2. The Kier molecular flexibility index (Phi) is 5.42. The summed E-state index contributed by atoms with van der Waals surface area (Å²) in [6.07, 6.45) is -1.72. The van der Waals surface area contributed by atoms with Gasteiger partial charge in [0.25, 0.3) is 6.43 Å². The number of methoxy groups -OCH3 is 1. The molecule has 2 N–H and O–H groups in total. The lowest BCUT2D eigenvalue weighted by Crippen LogP contribution is -2.38. The van der Waals surface area contributed by atoms with Crippen LogP contribution in [0.4, 0.5) is 19.4 Å². The van der Waals surface area contributed by atoms with Crippen molar-refractivity contribution in [3.63, 3.8) is 0 Å². The van der Waals surface area contributed by atoms with Gasteiger partial charge in [0.15, 0.2) is 17.3 Å². The SMILES string of the molecule is COc1c(C[C@@H](C)C(N)=O)ccc2c1OCCn1cc(N3C(=O)OC[C@H]3C(F)F)nc1-2. The zero-order valence-electron chi connectivity index (χ0n) is 17.0. The van der Waals surface area contributed by atoms with E-state index in [1.165, 1.54) is 13.3 Å². The van der Waals surface area contributed by atoms with Crippen molar-refractivity contribution in [2.75, 3.05) is 25.2 Å². The molecule has 0 unspecified atom stereocenters. The molecule has 1 aromatic carbocycles. The quantitative estimate of drug-likeness (QED) is 0.744. The zero-order valence-corrected chi connectivity index (χ0v) is 17.0. The molecule has 2 aromatic rings. The minimum absolute atomic E-state index is 0.0843. The van der Waals surface area contributed by atoms with E-state index in [0.29, 0.717) is 35.9 Å². The van der Waals surface area contributed by atoms with Crippen molar-refractivity contribution in [2.45, 2.75) is 32.4 Å². The molecule has 2 amide bonds. The summed E-state index contributed by atoms with van der Waals surface area (Å²) >= 11 is 0. The van der Waals surface area contributed by atoms with Crippen molar-refractivity contribution in [3.05, 3.63) is 23.9 Å². The van der Waals surface area contributed by atoms with Crippen LogP contribution in [-0.4, -0.2) is 54.3 Å². The molecule has 0 aliphatic carbocycles. The van der Waals surface area contributed by atoms with Gasteiger partial charge in [0, 0.05) is 12.1 Å². The number of rotatable bonds is 6. The van der Waals surface area contributed by atoms with Crippen LogP contribution in [-0.2, 0) is 22.5 Å². The van der Waals surface area contributed by atoms with Crippen LogP contribution in [0.5, 0.6) is 11.5 Å². The molecule has 2 aliphatic rings. The Balaban J connectivity index is 1.76. The van der Waals surface area contributed by atoms with Crippen molar-refractivity contribution in [1.29, 1.82) is 0 Å². The van der Waals surface area contributed by atoms with E-state index in [1.54, 1.807) is 23.6 Å². The monoisotopic (exact) mass is 436 g/mol. The largest absolute Gasteiger partial charge is 0.493 e. The number of amides is 2. The highest BCUT2D eigenvalue weighted by atomic mass is 19.3. The minimum Gasteiger partial charge on any atom is -0.493 e. The number of anilines is 1. The second kappa shape index (κ2) is 8.05. The number of hydrogen-bond acceptors (Lipinski definition) is 6. The Hall–Kier alpha value is -3.37. The lowest BCUT2D eigenvalue weighted by Gasteiger charge is -2.18. The van der Waals surface area contributed by atoms with Crippen molar-refractivity contribution < 1.29 is 32.6 Å². The van der Waals surface area contributed by atoms with E-state index in [1.807, 2.05) is 0 Å². The molecule has 0 saturated carbocycles. The van der Waals surface area contributed by atoms with E-state index in [4.69, 9.17) is 19.9 Å². The number of nitrogens with zero attached hydrogens (tertiary/aromatic N) is 3. The highest BCUT2D eigenvalue weighted by molar-refractivity contribution is 5.90. The first-order valence-electron chi connectivity index (χ1n) is 9.75. The number of nitrogens with two attached hydrogens (primary N) is 1. The number of carbonyl (C=O) groups is 2. The molecule has 0 spiro atoms. The van der Waals surface area contributed by atoms with Gasteiger partial charge in [-0.2, -0.15) is 0 Å². The van der Waals surface area contributed by atoms with E-state index in [9.17, 15) is 18.4 Å². The summed E-state index contributed by atoms with van der Waals surface area (Å²) in [6, 6.07) is 2.16. The molecule has 1 fully saturated rings. The van der Waals surface area contributed by atoms with Gasteiger partial charge in [-0.1, -0.05) is 13.0 Å². The number of carbonyl (C=O) groups excluding carboxylic acids is 2. The lowest BCUT2D eigenvalue weighted by atomic mass is 9.97. The summed E-state index contributed by atoms with van der Waals surface area (Å²) in [5, 5.41) is 0. The van der Waals surface area contributed by atoms with Crippen molar-refractivity contribution in [1.82, 2.24) is 9.55 Å². The highest BCUT2D eigenvalue weighted by Gasteiger charge is 2.42. The summed E-state index contributed by atoms with van der Waals surface area (Å²) in [5.74, 6) is 0.587. The second-order valence-corrected chi connectivity index (χ2v) is 7.46. The minimum atomic E-state index is -2.77. The van der Waals surface area contributed by atoms with E-state index in [-0.39, 0.29) is 12.4 Å². The fraction of sp³-hybridized carbons (Fsp3) is 0.450. The number of fused-ring (bicyclic) bond motifs is 3. The predicted molar refractivity (Wildman–Crippen MR) is 105 cm³/mol. The van der Waals surface area contributed by atoms with Gasteiger partial charge in [0.05, 0.1) is 19.2 Å². The zero-order chi connectivity index (χ0) is 22.3. The van der Waals surface area contributed by atoms with Crippen LogP contribution in [0.15, 0.2) is 18.3 Å². The van der Waals surface area contributed by atoms with Gasteiger partial charge in [-0.3, -0.25) is 4.79 Å². The Bertz CT molecular complexity index is 1030. The third-order valence-corrected chi connectivity index (χ3v) is 5.44. The van der Waals surface area contributed by atoms with E-state index in [0.717, 1.165) is 10.5 Å². The van der Waals surface area contributed by atoms with Crippen LogP contribution in [0.2, 0.25) is 0 Å². The van der Waals surface area contributed by atoms with Gasteiger partial charge < -0.3 is 24.5 Å². The summed E-state index contributed by atoms with van der Waals surface area (Å²) in [7, 11) is 1.49. The van der Waals surface area contributed by atoms with Gasteiger partial charge in [-0.15, -0.1) is 0 Å². The maximum absolute atomic E-state index is 13.4. The lowest BCUT2D eigenvalue weighted by molar-refractivity contribution is -0.121. The molecule has 9 nitrogen and oxygen atoms in total. The Morgan fingerprint density at radius 2 is 2.16 bits per heavy atom. The first-order valence-corrected chi connectivity index (χ1v) is 9.75. The third kappa shape index (κ3) is 3.64. The molecule has 2 atom stereocenters. The van der Waals surface area contributed by atoms with Crippen LogP contribution in [0.1, 0.15) is 12.5 Å². The molecule has 1 aromatic heterocycles. The summed E-state index contributed by atoms with van der Waals surface area (Å²) in [6.45, 7) is 1.98. The second-order valence-electron chi connectivity index (χ2n) is 7.46. The summed E-state index contributed by atoms with van der Waals surface area (Å²) in [5.41, 5.74) is 6.71. The number of benzene rings is 1. The number of cyclic esters (lactones) is 1. The fourth-order valence-electron chi connectivity index (χ4n) is 3.77. The van der Waals surface area contributed by atoms with E-state index in [2.05, 4.69) is 4.98 Å². The molecular formula is C20H22F2N4O5. The van der Waals surface area contributed by atoms with Crippen LogP contribution in [0, 0.1) is 5.92 Å². The standard InChI is InChI=1S/C20H22F2N4O5/c1-10(18(23)27)7-11-3-4-12-16(15(11)29-2)30-6-5-25-8-14(24-19(12)25)26-13(17(21)22)9-31-20(26)28/h3-4,8,10,13,17H,5-7,9H2,1-2H3,(H2,23,27)/t10-,13+/m1/s1. The first kappa shape index (κ1) is 20.9. The molecular weight excluding hydrogens is 414 g/mol. The van der Waals surface area contributed by atoms with Crippen LogP contribution in [0.3, 0.4) is 0 Å². The Morgan fingerprint density at radius 3 is 2.84 bits per heavy atom.